The molecule has 0 heterocycles. The fourth-order valence-corrected chi connectivity index (χ4v) is 2.28. The minimum absolute atomic E-state index is 0.154. The molecule has 4 nitrogen and oxygen atoms in total. The van der Waals surface area contributed by atoms with Crippen molar-refractivity contribution < 1.29 is 18.3 Å². The second-order valence-electron chi connectivity index (χ2n) is 5.33. The minimum atomic E-state index is -0.429. The van der Waals surface area contributed by atoms with Crippen LogP contribution in [0.4, 0.5) is 14.5 Å². The average molecular weight is 334 g/mol. The molecule has 0 fully saturated rings. The second-order valence-corrected chi connectivity index (χ2v) is 5.33. The monoisotopic (exact) mass is 334 g/mol. The number of carbonyl (C=O) groups excluding carboxylic acids is 1. The van der Waals surface area contributed by atoms with Crippen LogP contribution in [0.1, 0.15) is 12.5 Å². The highest BCUT2D eigenvalue weighted by Gasteiger charge is 2.12. The van der Waals surface area contributed by atoms with Crippen LogP contribution in [0.5, 0.6) is 5.75 Å². The second kappa shape index (κ2) is 8.40. The predicted octanol–water partition coefficient (Wildman–Crippen LogP) is 3.43. The Morgan fingerprint density at radius 2 is 1.88 bits per heavy atom. The Morgan fingerprint density at radius 3 is 2.46 bits per heavy atom. The fourth-order valence-electron chi connectivity index (χ4n) is 2.28. The fraction of sp³-hybridized carbons (Fsp3) is 0.278. The van der Waals surface area contributed by atoms with Gasteiger partial charge in [-0.2, -0.15) is 0 Å². The molecule has 24 heavy (non-hydrogen) atoms. The average Bonchev–Trinajstić information content (AvgIpc) is 2.56. The Labute approximate surface area is 140 Å². The summed E-state index contributed by atoms with van der Waals surface area (Å²) in [6, 6.07) is 10.3. The van der Waals surface area contributed by atoms with Crippen LogP contribution >= 0.6 is 0 Å². The number of likely N-dealkylation sites (N-methyl/N-ethyl adjacent to an activating group) is 1. The van der Waals surface area contributed by atoms with Crippen molar-refractivity contribution in [3.8, 4) is 5.75 Å². The van der Waals surface area contributed by atoms with Gasteiger partial charge in [0, 0.05) is 12.2 Å². The normalized spacial score (nSPS) is 10.7. The third kappa shape index (κ3) is 5.03. The number of benzene rings is 2. The molecule has 0 aliphatic rings. The van der Waals surface area contributed by atoms with E-state index < -0.39 is 5.82 Å². The van der Waals surface area contributed by atoms with Crippen LogP contribution in [0.2, 0.25) is 0 Å². The van der Waals surface area contributed by atoms with Crippen LogP contribution in [-0.4, -0.2) is 31.0 Å². The summed E-state index contributed by atoms with van der Waals surface area (Å²) in [6.07, 6.45) is 0. The standard InChI is InChI=1S/C18H20F2N2O2/c1-3-22(11-13-4-9-17(24-2)16(20)10-13)12-18(23)21-15-7-5-14(19)6-8-15/h4-10H,3,11-12H2,1-2H3,(H,21,23). The van der Waals surface area contributed by atoms with Gasteiger partial charge in [0.05, 0.1) is 13.7 Å². The van der Waals surface area contributed by atoms with E-state index in [1.165, 1.54) is 37.4 Å². The van der Waals surface area contributed by atoms with Crippen molar-refractivity contribution in [1.82, 2.24) is 4.90 Å². The molecule has 0 bridgehead atoms. The molecule has 2 rings (SSSR count). The van der Waals surface area contributed by atoms with E-state index in [-0.39, 0.29) is 24.0 Å². The van der Waals surface area contributed by atoms with Gasteiger partial charge in [-0.15, -0.1) is 0 Å². The van der Waals surface area contributed by atoms with Crippen LogP contribution in [0.25, 0.3) is 0 Å². The van der Waals surface area contributed by atoms with Gasteiger partial charge in [-0.3, -0.25) is 9.69 Å². The summed E-state index contributed by atoms with van der Waals surface area (Å²) >= 11 is 0. The Morgan fingerprint density at radius 1 is 1.17 bits per heavy atom. The maximum Gasteiger partial charge on any atom is 0.238 e. The van der Waals surface area contributed by atoms with Crippen LogP contribution < -0.4 is 10.1 Å². The van der Waals surface area contributed by atoms with Gasteiger partial charge in [0.2, 0.25) is 5.91 Å². The smallest absolute Gasteiger partial charge is 0.238 e. The molecule has 0 saturated heterocycles. The van der Waals surface area contributed by atoms with Gasteiger partial charge in [0.15, 0.2) is 11.6 Å². The van der Waals surface area contributed by atoms with E-state index in [1.54, 1.807) is 12.1 Å². The highest BCUT2D eigenvalue weighted by atomic mass is 19.1. The third-order valence-electron chi connectivity index (χ3n) is 3.56. The van der Waals surface area contributed by atoms with E-state index in [2.05, 4.69) is 5.32 Å². The molecule has 6 heteroatoms. The highest BCUT2D eigenvalue weighted by Crippen LogP contribution is 2.18. The zero-order chi connectivity index (χ0) is 17.5. The SMILES string of the molecule is CCN(CC(=O)Nc1ccc(F)cc1)Cc1ccc(OC)c(F)c1. The molecule has 1 N–H and O–H groups in total. The van der Waals surface area contributed by atoms with Crippen molar-refractivity contribution in [3.63, 3.8) is 0 Å². The van der Waals surface area contributed by atoms with Gasteiger partial charge in [0.25, 0.3) is 0 Å². The van der Waals surface area contributed by atoms with E-state index in [1.807, 2.05) is 11.8 Å². The molecular formula is C18H20F2N2O2. The number of carbonyl (C=O) groups is 1. The maximum absolute atomic E-state index is 13.7. The first-order valence-electron chi connectivity index (χ1n) is 7.62. The van der Waals surface area contributed by atoms with Crippen molar-refractivity contribution in [1.29, 1.82) is 0 Å². The summed E-state index contributed by atoms with van der Waals surface area (Å²) in [5, 5.41) is 2.71. The van der Waals surface area contributed by atoms with Gasteiger partial charge in [-0.25, -0.2) is 8.78 Å². The summed E-state index contributed by atoms with van der Waals surface area (Å²) in [6.45, 7) is 3.14. The molecule has 0 aromatic heterocycles. The largest absolute Gasteiger partial charge is 0.494 e. The van der Waals surface area contributed by atoms with Gasteiger partial charge >= 0.3 is 0 Å². The number of anilines is 1. The lowest BCUT2D eigenvalue weighted by Crippen LogP contribution is -2.32. The molecule has 0 radical (unpaired) electrons. The Balaban J connectivity index is 1.94. The van der Waals surface area contributed by atoms with E-state index >= 15 is 0 Å². The van der Waals surface area contributed by atoms with Crippen LogP contribution in [0.15, 0.2) is 42.5 Å². The number of ether oxygens (including phenoxy) is 1. The van der Waals surface area contributed by atoms with Crippen molar-refractivity contribution in [3.05, 3.63) is 59.7 Å². The van der Waals surface area contributed by atoms with Crippen molar-refractivity contribution in [2.24, 2.45) is 0 Å². The number of hydrogen-bond donors (Lipinski definition) is 1. The van der Waals surface area contributed by atoms with Crippen LogP contribution in [-0.2, 0) is 11.3 Å². The van der Waals surface area contributed by atoms with E-state index in [0.717, 1.165) is 5.56 Å². The van der Waals surface area contributed by atoms with E-state index in [4.69, 9.17) is 4.74 Å². The molecule has 0 atom stereocenters. The van der Waals surface area contributed by atoms with Crippen molar-refractivity contribution >= 4 is 11.6 Å². The van der Waals surface area contributed by atoms with Gasteiger partial charge in [-0.05, 0) is 48.5 Å². The number of rotatable bonds is 7. The van der Waals surface area contributed by atoms with Crippen molar-refractivity contribution in [2.75, 3.05) is 25.5 Å². The van der Waals surface area contributed by atoms with Crippen molar-refractivity contribution in [2.45, 2.75) is 13.5 Å². The molecular weight excluding hydrogens is 314 g/mol. The zero-order valence-electron chi connectivity index (χ0n) is 13.7. The van der Waals surface area contributed by atoms with Gasteiger partial charge in [-0.1, -0.05) is 13.0 Å². The number of hydrogen-bond acceptors (Lipinski definition) is 3. The molecule has 128 valence electrons. The van der Waals surface area contributed by atoms with Crippen LogP contribution in [0.3, 0.4) is 0 Å². The van der Waals surface area contributed by atoms with E-state index in [0.29, 0.717) is 18.8 Å². The Hall–Kier alpha value is -2.47. The predicted molar refractivity (Wildman–Crippen MR) is 88.9 cm³/mol. The minimum Gasteiger partial charge on any atom is -0.494 e. The van der Waals surface area contributed by atoms with Gasteiger partial charge in [0.1, 0.15) is 5.82 Å². The quantitative estimate of drug-likeness (QED) is 0.843. The summed E-state index contributed by atoms with van der Waals surface area (Å²) in [5.41, 5.74) is 1.29. The third-order valence-corrected chi connectivity index (χ3v) is 3.56. The molecule has 1 amide bonds. The van der Waals surface area contributed by atoms with Gasteiger partial charge < -0.3 is 10.1 Å². The number of halogens is 2. The first-order valence-corrected chi connectivity index (χ1v) is 7.62. The first-order chi connectivity index (χ1) is 11.5. The molecule has 0 unspecified atom stereocenters. The summed E-state index contributed by atoms with van der Waals surface area (Å²) in [5.74, 6) is -0.806. The summed E-state index contributed by atoms with van der Waals surface area (Å²) < 4.78 is 31.5. The zero-order valence-corrected chi connectivity index (χ0v) is 13.7. The Kier molecular flexibility index (Phi) is 6.26. The lowest BCUT2D eigenvalue weighted by atomic mass is 10.2. The molecule has 0 spiro atoms. The molecule has 2 aromatic rings. The number of amides is 1. The topological polar surface area (TPSA) is 41.6 Å². The number of nitrogens with zero attached hydrogens (tertiary/aromatic N) is 1. The van der Waals surface area contributed by atoms with E-state index in [9.17, 15) is 13.6 Å². The molecule has 0 aliphatic carbocycles. The summed E-state index contributed by atoms with van der Waals surface area (Å²) in [7, 11) is 1.41. The van der Waals surface area contributed by atoms with Crippen LogP contribution in [0, 0.1) is 11.6 Å². The molecule has 0 saturated carbocycles. The number of methoxy groups -OCH3 is 1. The summed E-state index contributed by atoms with van der Waals surface area (Å²) in [4.78, 5) is 14.0. The molecule has 2 aromatic carbocycles. The molecule has 0 aliphatic heterocycles. The lowest BCUT2D eigenvalue weighted by Gasteiger charge is -2.20. The maximum atomic E-state index is 13.7. The Bertz CT molecular complexity index is 690. The first kappa shape index (κ1) is 17.9. The lowest BCUT2D eigenvalue weighted by molar-refractivity contribution is -0.117. The highest BCUT2D eigenvalue weighted by molar-refractivity contribution is 5.92. The number of nitrogens with one attached hydrogen (secondary N) is 1.